The summed E-state index contributed by atoms with van der Waals surface area (Å²) in [7, 11) is 0. The molecule has 1 aliphatic rings. The topological polar surface area (TPSA) is 41.1 Å². The zero-order valence-electron chi connectivity index (χ0n) is 11.7. The van der Waals surface area contributed by atoms with Crippen molar-refractivity contribution in [2.75, 3.05) is 13.1 Å². The monoisotopic (exact) mass is 260 g/mol. The van der Waals surface area contributed by atoms with Gasteiger partial charge in [0.15, 0.2) is 0 Å². The second-order valence-electron chi connectivity index (χ2n) is 5.35. The van der Waals surface area contributed by atoms with Gasteiger partial charge in [0.1, 0.15) is 0 Å². The summed E-state index contributed by atoms with van der Waals surface area (Å²) in [6.45, 7) is 3.13. The van der Waals surface area contributed by atoms with E-state index in [9.17, 15) is 4.79 Å². The number of rotatable bonds is 5. The number of benzene rings is 1. The van der Waals surface area contributed by atoms with Crippen LogP contribution in [0, 0.1) is 0 Å². The Labute approximate surface area is 115 Å². The predicted octanol–water partition coefficient (Wildman–Crippen LogP) is 2.44. The molecule has 1 saturated carbocycles. The van der Waals surface area contributed by atoms with Crippen LogP contribution in [0.25, 0.3) is 0 Å². The average molecular weight is 260 g/mol. The van der Waals surface area contributed by atoms with Gasteiger partial charge in [-0.3, -0.25) is 4.79 Å². The summed E-state index contributed by atoms with van der Waals surface area (Å²) in [6.07, 6.45) is 5.13. The van der Waals surface area contributed by atoms with Gasteiger partial charge in [-0.1, -0.05) is 43.2 Å². The fraction of sp³-hybridized carbons (Fsp3) is 0.562. The Bertz CT molecular complexity index is 391. The summed E-state index contributed by atoms with van der Waals surface area (Å²) in [6, 6.07) is 11.3. The van der Waals surface area contributed by atoms with Gasteiger partial charge >= 0.3 is 0 Å². The molecule has 1 aromatic rings. The normalized spacial score (nSPS) is 23.0. The molecular formula is C16H24N2O. The van der Waals surface area contributed by atoms with Crippen molar-refractivity contribution in [3.05, 3.63) is 35.9 Å². The van der Waals surface area contributed by atoms with Crippen molar-refractivity contribution in [2.24, 2.45) is 0 Å². The SMILES string of the molecule is CC(=O)NCCNC1CCCCC1c1ccccc1. The minimum Gasteiger partial charge on any atom is -0.355 e. The lowest BCUT2D eigenvalue weighted by molar-refractivity contribution is -0.118. The van der Waals surface area contributed by atoms with E-state index < -0.39 is 0 Å². The van der Waals surface area contributed by atoms with Gasteiger partial charge < -0.3 is 10.6 Å². The van der Waals surface area contributed by atoms with Crippen LogP contribution >= 0.6 is 0 Å². The number of amides is 1. The van der Waals surface area contributed by atoms with E-state index in [2.05, 4.69) is 41.0 Å². The molecular weight excluding hydrogens is 236 g/mol. The van der Waals surface area contributed by atoms with E-state index in [0.717, 1.165) is 6.54 Å². The van der Waals surface area contributed by atoms with Gasteiger partial charge in [0.2, 0.25) is 5.91 Å². The molecule has 1 amide bonds. The highest BCUT2D eigenvalue weighted by molar-refractivity contribution is 5.72. The van der Waals surface area contributed by atoms with Crippen LogP contribution in [-0.4, -0.2) is 25.0 Å². The van der Waals surface area contributed by atoms with Gasteiger partial charge in [0, 0.05) is 26.1 Å². The molecule has 0 aromatic heterocycles. The van der Waals surface area contributed by atoms with E-state index in [1.165, 1.54) is 31.2 Å². The molecule has 1 aromatic carbocycles. The van der Waals surface area contributed by atoms with Crippen LogP contribution in [-0.2, 0) is 4.79 Å². The zero-order valence-corrected chi connectivity index (χ0v) is 11.7. The Kier molecular flexibility index (Phi) is 5.40. The lowest BCUT2D eigenvalue weighted by Gasteiger charge is -2.32. The fourth-order valence-corrected chi connectivity index (χ4v) is 2.97. The minimum atomic E-state index is 0.0463. The van der Waals surface area contributed by atoms with Crippen LogP contribution in [0.15, 0.2) is 30.3 Å². The van der Waals surface area contributed by atoms with Crippen LogP contribution in [0.1, 0.15) is 44.1 Å². The third-order valence-electron chi connectivity index (χ3n) is 3.90. The quantitative estimate of drug-likeness (QED) is 0.798. The van der Waals surface area contributed by atoms with Crippen molar-refractivity contribution in [3.8, 4) is 0 Å². The Balaban J connectivity index is 1.87. The highest BCUT2D eigenvalue weighted by Crippen LogP contribution is 2.32. The van der Waals surface area contributed by atoms with Gasteiger partial charge in [0.05, 0.1) is 0 Å². The number of carbonyl (C=O) groups excluding carboxylic acids is 1. The molecule has 0 bridgehead atoms. The first-order valence-electron chi connectivity index (χ1n) is 7.30. The minimum absolute atomic E-state index is 0.0463. The van der Waals surface area contributed by atoms with Gasteiger partial charge in [0.25, 0.3) is 0 Å². The van der Waals surface area contributed by atoms with E-state index >= 15 is 0 Å². The molecule has 0 aliphatic heterocycles. The van der Waals surface area contributed by atoms with E-state index in [4.69, 9.17) is 0 Å². The van der Waals surface area contributed by atoms with Crippen LogP contribution in [0.2, 0.25) is 0 Å². The Hall–Kier alpha value is -1.35. The second kappa shape index (κ2) is 7.29. The summed E-state index contributed by atoms with van der Waals surface area (Å²) in [5, 5.41) is 6.45. The molecule has 104 valence electrons. The van der Waals surface area contributed by atoms with Gasteiger partial charge in [-0.15, -0.1) is 0 Å². The Morgan fingerprint density at radius 2 is 1.89 bits per heavy atom. The molecule has 1 fully saturated rings. The molecule has 0 saturated heterocycles. The zero-order chi connectivity index (χ0) is 13.5. The lowest BCUT2D eigenvalue weighted by atomic mass is 9.80. The van der Waals surface area contributed by atoms with Gasteiger partial charge in [-0.05, 0) is 24.3 Å². The highest BCUT2D eigenvalue weighted by Gasteiger charge is 2.25. The Morgan fingerprint density at radius 1 is 1.16 bits per heavy atom. The summed E-state index contributed by atoms with van der Waals surface area (Å²) in [4.78, 5) is 10.8. The smallest absolute Gasteiger partial charge is 0.216 e. The fourth-order valence-electron chi connectivity index (χ4n) is 2.97. The average Bonchev–Trinajstić information content (AvgIpc) is 2.45. The van der Waals surface area contributed by atoms with Crippen molar-refractivity contribution in [3.63, 3.8) is 0 Å². The molecule has 0 spiro atoms. The standard InChI is InChI=1S/C16H24N2O/c1-13(19)17-11-12-18-16-10-6-5-9-15(16)14-7-3-2-4-8-14/h2-4,7-8,15-16,18H,5-6,9-12H2,1H3,(H,17,19). The summed E-state index contributed by atoms with van der Waals surface area (Å²) < 4.78 is 0. The number of hydrogen-bond donors (Lipinski definition) is 2. The predicted molar refractivity (Wildman–Crippen MR) is 78.1 cm³/mol. The van der Waals surface area contributed by atoms with Gasteiger partial charge in [-0.25, -0.2) is 0 Å². The first-order valence-corrected chi connectivity index (χ1v) is 7.30. The summed E-state index contributed by atoms with van der Waals surface area (Å²) in [5.74, 6) is 0.664. The van der Waals surface area contributed by atoms with E-state index in [0.29, 0.717) is 18.5 Å². The molecule has 1 aliphatic carbocycles. The third-order valence-corrected chi connectivity index (χ3v) is 3.90. The summed E-state index contributed by atoms with van der Waals surface area (Å²) >= 11 is 0. The molecule has 3 nitrogen and oxygen atoms in total. The molecule has 2 rings (SSSR count). The maximum atomic E-state index is 10.8. The molecule has 0 radical (unpaired) electrons. The maximum absolute atomic E-state index is 10.8. The third kappa shape index (κ3) is 4.35. The maximum Gasteiger partial charge on any atom is 0.216 e. The lowest BCUT2D eigenvalue weighted by Crippen LogP contribution is -2.41. The number of nitrogens with one attached hydrogen (secondary N) is 2. The molecule has 2 unspecified atom stereocenters. The second-order valence-corrected chi connectivity index (χ2v) is 5.35. The van der Waals surface area contributed by atoms with Gasteiger partial charge in [-0.2, -0.15) is 0 Å². The van der Waals surface area contributed by atoms with E-state index in [-0.39, 0.29) is 5.91 Å². The largest absolute Gasteiger partial charge is 0.355 e. The number of carbonyl (C=O) groups is 1. The van der Waals surface area contributed by atoms with Crippen LogP contribution in [0.4, 0.5) is 0 Å². The van der Waals surface area contributed by atoms with Crippen LogP contribution < -0.4 is 10.6 Å². The molecule has 2 atom stereocenters. The first kappa shape index (κ1) is 14.1. The molecule has 19 heavy (non-hydrogen) atoms. The Morgan fingerprint density at radius 3 is 2.63 bits per heavy atom. The van der Waals surface area contributed by atoms with E-state index in [1.54, 1.807) is 6.92 Å². The highest BCUT2D eigenvalue weighted by atomic mass is 16.1. The number of hydrogen-bond acceptors (Lipinski definition) is 2. The molecule has 0 heterocycles. The molecule has 2 N–H and O–H groups in total. The molecule has 3 heteroatoms. The van der Waals surface area contributed by atoms with E-state index in [1.807, 2.05) is 0 Å². The van der Waals surface area contributed by atoms with Crippen molar-refractivity contribution in [1.29, 1.82) is 0 Å². The van der Waals surface area contributed by atoms with Crippen molar-refractivity contribution < 1.29 is 4.79 Å². The van der Waals surface area contributed by atoms with Crippen molar-refractivity contribution >= 4 is 5.91 Å². The first-order chi connectivity index (χ1) is 9.27. The van der Waals surface area contributed by atoms with Crippen LogP contribution in [0.3, 0.4) is 0 Å². The van der Waals surface area contributed by atoms with Crippen molar-refractivity contribution in [2.45, 2.75) is 44.6 Å². The summed E-state index contributed by atoms with van der Waals surface area (Å²) in [5.41, 5.74) is 1.44. The van der Waals surface area contributed by atoms with Crippen LogP contribution in [0.5, 0.6) is 0 Å². The van der Waals surface area contributed by atoms with Crippen molar-refractivity contribution in [1.82, 2.24) is 10.6 Å².